The van der Waals surface area contributed by atoms with Gasteiger partial charge in [-0.15, -0.1) is 11.3 Å². The number of nitrogens with two attached hydrogens (primary N) is 1. The molecule has 4 fully saturated rings. The summed E-state index contributed by atoms with van der Waals surface area (Å²) in [5.74, 6) is 0.673. The number of hydrogen-bond donors (Lipinski definition) is 2. The molecule has 0 saturated heterocycles. The highest BCUT2D eigenvalue weighted by Gasteiger charge is 2.58. The largest absolute Gasteiger partial charge is 0.369 e. The van der Waals surface area contributed by atoms with Crippen molar-refractivity contribution in [2.75, 3.05) is 0 Å². The lowest BCUT2D eigenvalue weighted by Gasteiger charge is -2.58. The normalized spacial score (nSPS) is 33.0. The fraction of sp³-hybridized carbons (Fsp3) is 0.455. The van der Waals surface area contributed by atoms with E-state index in [0.717, 1.165) is 37.0 Å². The molecule has 4 aliphatic carbocycles. The molecule has 1 heterocycles. The van der Waals surface area contributed by atoms with Gasteiger partial charge in [-0.25, -0.2) is 4.39 Å². The second-order valence-electron chi connectivity index (χ2n) is 8.76. The van der Waals surface area contributed by atoms with Gasteiger partial charge in [0, 0.05) is 21.9 Å². The van der Waals surface area contributed by atoms with Crippen LogP contribution in [0.15, 0.2) is 36.4 Å². The molecule has 4 saturated carbocycles. The molecule has 0 radical (unpaired) electrons. The highest BCUT2D eigenvalue weighted by molar-refractivity contribution is 7.17. The number of rotatable bonds is 4. The van der Waals surface area contributed by atoms with Gasteiger partial charge < -0.3 is 11.1 Å². The summed E-state index contributed by atoms with van der Waals surface area (Å²) in [5.41, 5.74) is 5.91. The first-order valence-corrected chi connectivity index (χ1v) is 10.7. The number of carbonyl (C=O) groups excluding carboxylic acids is 2. The van der Waals surface area contributed by atoms with E-state index < -0.39 is 0 Å². The summed E-state index contributed by atoms with van der Waals surface area (Å²) in [5, 5.41) is 3.24. The lowest BCUT2D eigenvalue weighted by Crippen LogP contribution is -2.62. The van der Waals surface area contributed by atoms with Gasteiger partial charge in [-0.1, -0.05) is 18.2 Å². The summed E-state index contributed by atoms with van der Waals surface area (Å²) in [4.78, 5) is 26.3. The van der Waals surface area contributed by atoms with Gasteiger partial charge in [0.1, 0.15) is 5.82 Å². The van der Waals surface area contributed by atoms with Gasteiger partial charge in [0.2, 0.25) is 5.91 Å². The van der Waals surface area contributed by atoms with Crippen molar-refractivity contribution in [2.24, 2.45) is 28.9 Å². The molecule has 2 unspecified atom stereocenters. The van der Waals surface area contributed by atoms with E-state index in [-0.39, 0.29) is 29.1 Å². The zero-order valence-electron chi connectivity index (χ0n) is 15.5. The molecule has 4 bridgehead atoms. The number of hydrogen-bond acceptors (Lipinski definition) is 3. The molecule has 1 aromatic carbocycles. The summed E-state index contributed by atoms with van der Waals surface area (Å²) < 4.78 is 14.0. The Morgan fingerprint density at radius 3 is 2.46 bits per heavy atom. The van der Waals surface area contributed by atoms with Gasteiger partial charge >= 0.3 is 0 Å². The smallest absolute Gasteiger partial charge is 0.261 e. The van der Waals surface area contributed by atoms with Crippen LogP contribution in [0, 0.1) is 29.0 Å². The first-order chi connectivity index (χ1) is 13.4. The number of amides is 2. The molecule has 4 nitrogen and oxygen atoms in total. The third-order valence-corrected chi connectivity index (χ3v) is 8.18. The minimum Gasteiger partial charge on any atom is -0.369 e. The predicted octanol–water partition coefficient (Wildman–Crippen LogP) is 3.96. The first kappa shape index (κ1) is 17.9. The van der Waals surface area contributed by atoms with Crippen molar-refractivity contribution in [1.82, 2.24) is 5.32 Å². The maximum absolute atomic E-state index is 14.0. The van der Waals surface area contributed by atoms with E-state index in [1.807, 2.05) is 0 Å². The number of nitrogens with one attached hydrogen (secondary N) is 1. The maximum atomic E-state index is 14.0. The van der Waals surface area contributed by atoms with Crippen LogP contribution < -0.4 is 11.1 Å². The average molecular weight is 399 g/mol. The van der Waals surface area contributed by atoms with E-state index in [4.69, 9.17) is 5.73 Å². The van der Waals surface area contributed by atoms with Gasteiger partial charge in [-0.05, 0) is 68.1 Å². The molecule has 1 aromatic heterocycles. The van der Waals surface area contributed by atoms with E-state index in [1.54, 1.807) is 30.3 Å². The lowest BCUT2D eigenvalue weighted by atomic mass is 9.47. The molecule has 28 heavy (non-hydrogen) atoms. The molecule has 3 N–H and O–H groups in total. The predicted molar refractivity (Wildman–Crippen MR) is 106 cm³/mol. The Balaban J connectivity index is 1.33. The molecule has 0 spiro atoms. The highest BCUT2D eigenvalue weighted by atomic mass is 32.1. The summed E-state index contributed by atoms with van der Waals surface area (Å²) >= 11 is 1.31. The summed E-state index contributed by atoms with van der Waals surface area (Å²) in [6.07, 6.45) is 4.66. The van der Waals surface area contributed by atoms with E-state index in [2.05, 4.69) is 5.32 Å². The lowest BCUT2D eigenvalue weighted by molar-refractivity contribution is -0.145. The zero-order valence-corrected chi connectivity index (χ0v) is 16.3. The SMILES string of the molecule is NC(=O)[C@]12CC3CC(C1)[C@@H](NC(=O)c1ccc(-c4ccccc4F)s1)C(C3)C2. The van der Waals surface area contributed by atoms with Crippen LogP contribution >= 0.6 is 11.3 Å². The standard InChI is InChI=1S/C22H23FN2O2S/c23-16-4-2-1-3-15(16)17-5-6-18(28-17)20(26)25-19-13-7-12-8-14(19)11-22(9-12,10-13)21(24)27/h1-6,12-14,19H,7-11H2,(H2,24,27)(H,25,26)/t12?,13?,14?,19-,22-. The van der Waals surface area contributed by atoms with Crippen molar-refractivity contribution >= 4 is 23.2 Å². The Morgan fingerprint density at radius 2 is 1.79 bits per heavy atom. The minimum atomic E-state index is -0.349. The van der Waals surface area contributed by atoms with E-state index in [9.17, 15) is 14.0 Å². The van der Waals surface area contributed by atoms with Crippen molar-refractivity contribution in [3.05, 3.63) is 47.1 Å². The van der Waals surface area contributed by atoms with Gasteiger partial charge in [0.15, 0.2) is 0 Å². The van der Waals surface area contributed by atoms with Crippen LogP contribution in [0.2, 0.25) is 0 Å². The van der Waals surface area contributed by atoms with Crippen molar-refractivity contribution < 1.29 is 14.0 Å². The van der Waals surface area contributed by atoms with Crippen LogP contribution in [0.5, 0.6) is 0 Å². The highest BCUT2D eigenvalue weighted by Crippen LogP contribution is 2.59. The molecular formula is C22H23FN2O2S. The summed E-state index contributed by atoms with van der Waals surface area (Å²) in [7, 11) is 0. The number of benzene rings is 1. The topological polar surface area (TPSA) is 72.2 Å². The third-order valence-electron chi connectivity index (χ3n) is 7.06. The monoisotopic (exact) mass is 398 g/mol. The first-order valence-electron chi connectivity index (χ1n) is 9.91. The molecule has 0 aliphatic heterocycles. The number of carbonyl (C=O) groups is 2. The Bertz CT molecular complexity index is 940. The molecule has 2 atom stereocenters. The van der Waals surface area contributed by atoms with E-state index >= 15 is 0 Å². The molecule has 6 heteroatoms. The van der Waals surface area contributed by atoms with Crippen LogP contribution in [0.4, 0.5) is 4.39 Å². The molecule has 2 aromatic rings. The molecule has 146 valence electrons. The van der Waals surface area contributed by atoms with Gasteiger partial charge in [0.25, 0.3) is 5.91 Å². The third kappa shape index (κ3) is 2.77. The Morgan fingerprint density at radius 1 is 1.07 bits per heavy atom. The summed E-state index contributed by atoms with van der Waals surface area (Å²) in [6.45, 7) is 0. The number of primary amides is 1. The van der Waals surface area contributed by atoms with E-state index in [0.29, 0.717) is 28.2 Å². The van der Waals surface area contributed by atoms with Crippen molar-refractivity contribution in [3.8, 4) is 10.4 Å². The molecule has 4 aliphatic rings. The second-order valence-corrected chi connectivity index (χ2v) is 9.84. The van der Waals surface area contributed by atoms with Gasteiger partial charge in [0.05, 0.1) is 4.88 Å². The Labute approximate surface area is 167 Å². The Hall–Kier alpha value is -2.21. The molecule has 2 amide bonds. The molecular weight excluding hydrogens is 375 g/mol. The van der Waals surface area contributed by atoms with Crippen LogP contribution in [0.25, 0.3) is 10.4 Å². The van der Waals surface area contributed by atoms with Crippen molar-refractivity contribution in [3.63, 3.8) is 0 Å². The fourth-order valence-corrected chi connectivity index (χ4v) is 6.99. The minimum absolute atomic E-state index is 0.0989. The van der Waals surface area contributed by atoms with Crippen molar-refractivity contribution in [2.45, 2.75) is 38.1 Å². The van der Waals surface area contributed by atoms with Gasteiger partial charge in [-0.3, -0.25) is 9.59 Å². The van der Waals surface area contributed by atoms with Crippen LogP contribution in [0.1, 0.15) is 41.8 Å². The zero-order chi connectivity index (χ0) is 19.5. The van der Waals surface area contributed by atoms with Crippen LogP contribution in [-0.4, -0.2) is 17.9 Å². The van der Waals surface area contributed by atoms with Crippen LogP contribution in [0.3, 0.4) is 0 Å². The number of halogens is 1. The van der Waals surface area contributed by atoms with E-state index in [1.165, 1.54) is 17.4 Å². The number of thiophene rings is 1. The van der Waals surface area contributed by atoms with Crippen LogP contribution in [-0.2, 0) is 4.79 Å². The Kier molecular flexibility index (Phi) is 4.09. The second kappa shape index (κ2) is 6.41. The fourth-order valence-electron chi connectivity index (χ4n) is 6.05. The quantitative estimate of drug-likeness (QED) is 0.818. The molecule has 6 rings (SSSR count). The van der Waals surface area contributed by atoms with Crippen molar-refractivity contribution in [1.29, 1.82) is 0 Å². The maximum Gasteiger partial charge on any atom is 0.261 e. The van der Waals surface area contributed by atoms with Gasteiger partial charge in [-0.2, -0.15) is 0 Å². The average Bonchev–Trinajstić information content (AvgIpc) is 3.14. The summed E-state index contributed by atoms with van der Waals surface area (Å²) in [6, 6.07) is 10.3.